The van der Waals surface area contributed by atoms with E-state index in [1.54, 1.807) is 13.4 Å². The van der Waals surface area contributed by atoms with Crippen LogP contribution in [0.2, 0.25) is 5.02 Å². The summed E-state index contributed by atoms with van der Waals surface area (Å²) in [6.45, 7) is 1.76. The van der Waals surface area contributed by atoms with Gasteiger partial charge in [0, 0.05) is 23.5 Å². The fourth-order valence-corrected chi connectivity index (χ4v) is 3.28. The lowest BCUT2D eigenvalue weighted by molar-refractivity contribution is 0.413. The van der Waals surface area contributed by atoms with Crippen LogP contribution in [-0.4, -0.2) is 23.6 Å². The van der Waals surface area contributed by atoms with Crippen molar-refractivity contribution in [3.05, 3.63) is 58.9 Å². The van der Waals surface area contributed by atoms with E-state index in [0.717, 1.165) is 42.0 Å². The molecule has 0 atom stereocenters. The van der Waals surface area contributed by atoms with Gasteiger partial charge < -0.3 is 9.64 Å². The largest absolute Gasteiger partial charge is 0.497 e. The number of rotatable bonds is 2. The number of hydrogen-bond donors (Lipinski definition) is 0. The van der Waals surface area contributed by atoms with Gasteiger partial charge in [0.2, 0.25) is 0 Å². The van der Waals surface area contributed by atoms with Gasteiger partial charge in [0.05, 0.1) is 12.6 Å². The molecule has 0 unspecified atom stereocenters. The number of fused-ring (bicyclic) bond motifs is 2. The molecule has 0 bridgehead atoms. The van der Waals surface area contributed by atoms with Crippen molar-refractivity contribution >= 4 is 28.3 Å². The van der Waals surface area contributed by atoms with E-state index < -0.39 is 0 Å². The highest BCUT2D eigenvalue weighted by Crippen LogP contribution is 2.30. The molecule has 4 rings (SSSR count). The molecular formula is C18H16ClN3O. The average molecular weight is 326 g/mol. The standard InChI is InChI=1S/C18H16ClN3O/c1-23-15-4-2-12-6-7-22(10-13(12)8-15)18-16-5-3-14(19)9-17(16)20-11-21-18/h2-5,8-9,11H,6-7,10H2,1H3. The van der Waals surface area contributed by atoms with E-state index in [4.69, 9.17) is 16.3 Å². The van der Waals surface area contributed by atoms with Gasteiger partial charge >= 0.3 is 0 Å². The Morgan fingerprint density at radius 3 is 2.87 bits per heavy atom. The van der Waals surface area contributed by atoms with E-state index in [1.165, 1.54) is 11.1 Å². The molecule has 1 aliphatic heterocycles. The highest BCUT2D eigenvalue weighted by molar-refractivity contribution is 6.31. The molecule has 0 saturated heterocycles. The average Bonchev–Trinajstić information content (AvgIpc) is 2.60. The number of halogens is 1. The zero-order valence-corrected chi connectivity index (χ0v) is 13.5. The predicted molar refractivity (Wildman–Crippen MR) is 92.3 cm³/mol. The summed E-state index contributed by atoms with van der Waals surface area (Å²) >= 11 is 6.07. The minimum atomic E-state index is 0.691. The second kappa shape index (κ2) is 5.70. The summed E-state index contributed by atoms with van der Waals surface area (Å²) in [6, 6.07) is 12.1. The first-order chi connectivity index (χ1) is 11.2. The first-order valence-corrected chi connectivity index (χ1v) is 7.93. The quantitative estimate of drug-likeness (QED) is 0.717. The van der Waals surface area contributed by atoms with Crippen LogP contribution in [0.1, 0.15) is 11.1 Å². The number of aromatic nitrogens is 2. The molecule has 4 nitrogen and oxygen atoms in total. The molecule has 0 fully saturated rings. The van der Waals surface area contributed by atoms with Gasteiger partial charge in [-0.3, -0.25) is 0 Å². The maximum Gasteiger partial charge on any atom is 0.140 e. The van der Waals surface area contributed by atoms with Gasteiger partial charge in [-0.25, -0.2) is 9.97 Å². The molecule has 116 valence electrons. The number of anilines is 1. The molecule has 2 heterocycles. The van der Waals surface area contributed by atoms with Crippen molar-refractivity contribution in [3.8, 4) is 5.75 Å². The highest BCUT2D eigenvalue weighted by Gasteiger charge is 2.20. The smallest absolute Gasteiger partial charge is 0.140 e. The molecule has 0 amide bonds. The molecule has 1 aliphatic rings. The van der Waals surface area contributed by atoms with Crippen molar-refractivity contribution in [2.24, 2.45) is 0 Å². The van der Waals surface area contributed by atoms with Crippen molar-refractivity contribution < 1.29 is 4.74 Å². The second-order valence-electron chi connectivity index (χ2n) is 5.66. The van der Waals surface area contributed by atoms with E-state index >= 15 is 0 Å². The summed E-state index contributed by atoms with van der Waals surface area (Å²) in [5, 5.41) is 1.72. The molecule has 3 aromatic rings. The monoisotopic (exact) mass is 325 g/mol. The van der Waals surface area contributed by atoms with Crippen LogP contribution in [0, 0.1) is 0 Å². The maximum atomic E-state index is 6.07. The topological polar surface area (TPSA) is 38.2 Å². The molecule has 5 heteroatoms. The first-order valence-electron chi connectivity index (χ1n) is 7.55. The SMILES string of the molecule is COc1ccc2c(c1)CN(c1ncnc3cc(Cl)ccc13)CC2. The second-order valence-corrected chi connectivity index (χ2v) is 6.10. The lowest BCUT2D eigenvalue weighted by Crippen LogP contribution is -2.31. The van der Waals surface area contributed by atoms with Gasteiger partial charge in [-0.1, -0.05) is 17.7 Å². The minimum Gasteiger partial charge on any atom is -0.497 e. The van der Waals surface area contributed by atoms with Crippen LogP contribution in [0.25, 0.3) is 10.9 Å². The summed E-state index contributed by atoms with van der Waals surface area (Å²) in [6.07, 6.45) is 2.60. The van der Waals surface area contributed by atoms with Crippen LogP contribution in [0.15, 0.2) is 42.7 Å². The molecular weight excluding hydrogens is 310 g/mol. The van der Waals surface area contributed by atoms with Crippen molar-refractivity contribution in [1.82, 2.24) is 9.97 Å². The Morgan fingerprint density at radius 2 is 2.00 bits per heavy atom. The zero-order valence-electron chi connectivity index (χ0n) is 12.8. The van der Waals surface area contributed by atoms with E-state index in [9.17, 15) is 0 Å². The Labute approximate surface area is 139 Å². The zero-order chi connectivity index (χ0) is 15.8. The Bertz CT molecular complexity index is 881. The lowest BCUT2D eigenvalue weighted by Gasteiger charge is -2.30. The van der Waals surface area contributed by atoms with Crippen LogP contribution >= 0.6 is 11.6 Å². The fourth-order valence-electron chi connectivity index (χ4n) is 3.11. The number of ether oxygens (including phenoxy) is 1. The summed E-state index contributed by atoms with van der Waals surface area (Å²) in [4.78, 5) is 11.1. The minimum absolute atomic E-state index is 0.691. The Morgan fingerprint density at radius 1 is 1.09 bits per heavy atom. The first kappa shape index (κ1) is 14.3. The predicted octanol–water partition coefficient (Wildman–Crippen LogP) is 3.85. The Hall–Kier alpha value is -2.33. The van der Waals surface area contributed by atoms with Crippen LogP contribution in [-0.2, 0) is 13.0 Å². The molecule has 23 heavy (non-hydrogen) atoms. The van der Waals surface area contributed by atoms with Crippen LogP contribution < -0.4 is 9.64 Å². The van der Waals surface area contributed by atoms with Gasteiger partial charge in [0.1, 0.15) is 17.9 Å². The van der Waals surface area contributed by atoms with E-state index in [-0.39, 0.29) is 0 Å². The normalized spacial score (nSPS) is 13.9. The molecule has 0 N–H and O–H groups in total. The third-order valence-electron chi connectivity index (χ3n) is 4.30. The van der Waals surface area contributed by atoms with Gasteiger partial charge in [-0.15, -0.1) is 0 Å². The number of methoxy groups -OCH3 is 1. The fraction of sp³-hybridized carbons (Fsp3) is 0.222. The highest BCUT2D eigenvalue weighted by atomic mass is 35.5. The van der Waals surface area contributed by atoms with E-state index in [1.807, 2.05) is 24.3 Å². The van der Waals surface area contributed by atoms with Crippen molar-refractivity contribution in [2.75, 3.05) is 18.6 Å². The van der Waals surface area contributed by atoms with Gasteiger partial charge in [0.25, 0.3) is 0 Å². The van der Waals surface area contributed by atoms with Crippen molar-refractivity contribution in [2.45, 2.75) is 13.0 Å². The van der Waals surface area contributed by atoms with Crippen LogP contribution in [0.3, 0.4) is 0 Å². The summed E-state index contributed by atoms with van der Waals surface area (Å²) in [5.41, 5.74) is 3.54. The molecule has 0 radical (unpaired) electrons. The maximum absolute atomic E-state index is 6.07. The Balaban J connectivity index is 1.74. The summed E-state index contributed by atoms with van der Waals surface area (Å²) in [7, 11) is 1.70. The Kier molecular flexibility index (Phi) is 3.54. The third kappa shape index (κ3) is 2.59. The summed E-state index contributed by atoms with van der Waals surface area (Å²) < 4.78 is 5.35. The molecule has 2 aromatic carbocycles. The molecule has 0 saturated carbocycles. The molecule has 0 aliphatic carbocycles. The number of hydrogen-bond acceptors (Lipinski definition) is 4. The van der Waals surface area contributed by atoms with Gasteiger partial charge in [-0.2, -0.15) is 0 Å². The number of nitrogens with zero attached hydrogens (tertiary/aromatic N) is 3. The van der Waals surface area contributed by atoms with Gasteiger partial charge in [-0.05, 0) is 47.9 Å². The van der Waals surface area contributed by atoms with Crippen LogP contribution in [0.4, 0.5) is 5.82 Å². The summed E-state index contributed by atoms with van der Waals surface area (Å²) in [5.74, 6) is 1.85. The lowest BCUT2D eigenvalue weighted by atomic mass is 9.99. The van der Waals surface area contributed by atoms with E-state index in [2.05, 4.69) is 27.0 Å². The van der Waals surface area contributed by atoms with E-state index in [0.29, 0.717) is 5.02 Å². The molecule has 1 aromatic heterocycles. The van der Waals surface area contributed by atoms with Gasteiger partial charge in [0.15, 0.2) is 0 Å². The third-order valence-corrected chi connectivity index (χ3v) is 4.54. The van der Waals surface area contributed by atoms with Crippen LogP contribution in [0.5, 0.6) is 5.75 Å². The van der Waals surface area contributed by atoms with Crippen molar-refractivity contribution in [1.29, 1.82) is 0 Å². The van der Waals surface area contributed by atoms with Crippen molar-refractivity contribution in [3.63, 3.8) is 0 Å². The number of benzene rings is 2. The molecule has 0 spiro atoms.